The van der Waals surface area contributed by atoms with E-state index in [1.807, 2.05) is 0 Å². The van der Waals surface area contributed by atoms with Gasteiger partial charge in [0.25, 0.3) is 11.8 Å². The smallest absolute Gasteiger partial charge is 0.435 e. The number of rotatable bonds is 6. The lowest BCUT2D eigenvalue weighted by Gasteiger charge is -2.17. The van der Waals surface area contributed by atoms with E-state index in [1.54, 1.807) is 0 Å². The number of benzene rings is 2. The first-order chi connectivity index (χ1) is 16.9. The van der Waals surface area contributed by atoms with E-state index in [-0.39, 0.29) is 21.9 Å². The summed E-state index contributed by atoms with van der Waals surface area (Å²) >= 11 is 0. The molecule has 0 spiro atoms. The number of halogens is 4. The number of hydrogen-bond donors (Lipinski definition) is 1. The normalized spacial score (nSPS) is 12.3. The van der Waals surface area contributed by atoms with Gasteiger partial charge in [0.2, 0.25) is 0 Å². The van der Waals surface area contributed by atoms with Crippen LogP contribution < -0.4 is 10.1 Å². The van der Waals surface area contributed by atoms with Crippen LogP contribution in [0.15, 0.2) is 46.2 Å². The summed E-state index contributed by atoms with van der Waals surface area (Å²) in [5, 5.41) is 8.77. The van der Waals surface area contributed by atoms with Gasteiger partial charge in [-0.3, -0.25) is 4.79 Å². The van der Waals surface area contributed by atoms with Gasteiger partial charge in [-0.05, 0) is 49.7 Å². The first-order valence-corrected chi connectivity index (χ1v) is 13.9. The van der Waals surface area contributed by atoms with Crippen molar-refractivity contribution in [2.75, 3.05) is 17.8 Å². The van der Waals surface area contributed by atoms with Crippen molar-refractivity contribution in [2.45, 2.75) is 29.8 Å². The molecule has 1 aromatic heterocycles. The Labute approximate surface area is 209 Å². The number of sulfone groups is 2. The zero-order chi connectivity index (χ0) is 27.9. The largest absolute Gasteiger partial charge is 0.437 e. The highest BCUT2D eigenvalue weighted by molar-refractivity contribution is 7.91. The Morgan fingerprint density at radius 1 is 0.946 bits per heavy atom. The van der Waals surface area contributed by atoms with E-state index in [0.29, 0.717) is 0 Å². The fourth-order valence-corrected chi connectivity index (χ4v) is 4.71. The van der Waals surface area contributed by atoms with Crippen molar-refractivity contribution in [3.8, 4) is 11.6 Å². The van der Waals surface area contributed by atoms with Crippen LogP contribution in [0.1, 0.15) is 27.2 Å². The molecule has 0 unspecified atom stereocenters. The molecule has 0 saturated carbocycles. The van der Waals surface area contributed by atoms with Gasteiger partial charge in [-0.2, -0.15) is 13.2 Å². The standard InChI is InChI=1S/C22H19F4N3O6S2/c1-11-15(8-9-16(18(11)23)37(4,33)34)35-21-17(12(2)19(28-29-21)22(24,25)26)20(30)27-13-6-5-7-14(10-13)36(3,31)32/h5-10H,1-4H3,(H,27,30). The van der Waals surface area contributed by atoms with Gasteiger partial charge in [-0.1, -0.05) is 6.07 Å². The van der Waals surface area contributed by atoms with E-state index in [2.05, 4.69) is 15.5 Å². The Kier molecular flexibility index (Phi) is 7.34. The summed E-state index contributed by atoms with van der Waals surface area (Å²) in [7, 11) is -7.59. The number of carbonyl (C=O) groups excluding carboxylic acids is 1. The summed E-state index contributed by atoms with van der Waals surface area (Å²) in [6, 6.07) is 6.95. The quantitative estimate of drug-likeness (QED) is 0.445. The van der Waals surface area contributed by atoms with Crippen molar-refractivity contribution in [2.24, 2.45) is 0 Å². The number of nitrogens with one attached hydrogen (secondary N) is 1. The molecule has 0 saturated heterocycles. The van der Waals surface area contributed by atoms with E-state index in [1.165, 1.54) is 25.1 Å². The molecule has 0 aliphatic carbocycles. The van der Waals surface area contributed by atoms with Gasteiger partial charge in [0, 0.05) is 23.8 Å². The minimum absolute atomic E-state index is 0.0524. The van der Waals surface area contributed by atoms with Gasteiger partial charge in [0.15, 0.2) is 25.4 Å². The predicted molar refractivity (Wildman–Crippen MR) is 124 cm³/mol. The lowest BCUT2D eigenvalue weighted by Crippen LogP contribution is -2.21. The molecular formula is C22H19F4N3O6S2. The number of alkyl halides is 3. The van der Waals surface area contributed by atoms with Crippen molar-refractivity contribution in [3.63, 3.8) is 0 Å². The van der Waals surface area contributed by atoms with E-state index < -0.39 is 65.2 Å². The molecule has 3 rings (SSSR count). The number of amides is 1. The molecule has 15 heteroatoms. The summed E-state index contributed by atoms with van der Waals surface area (Å²) in [5.74, 6) is -3.35. The SMILES string of the molecule is Cc1c(Oc2nnc(C(F)(F)F)c(C)c2C(=O)Nc2cccc(S(C)(=O)=O)c2)ccc(S(C)(=O)=O)c1F. The topological polar surface area (TPSA) is 132 Å². The van der Waals surface area contributed by atoms with Gasteiger partial charge in [0.05, 0.1) is 4.90 Å². The monoisotopic (exact) mass is 561 g/mol. The molecule has 1 amide bonds. The maximum absolute atomic E-state index is 14.7. The van der Waals surface area contributed by atoms with Crippen LogP contribution in [0.3, 0.4) is 0 Å². The summed E-state index contributed by atoms with van der Waals surface area (Å²) in [5.41, 5.74) is -3.22. The number of carbonyl (C=O) groups is 1. The molecule has 0 aliphatic rings. The van der Waals surface area contributed by atoms with Crippen molar-refractivity contribution < 1.29 is 43.9 Å². The average Bonchev–Trinajstić information content (AvgIpc) is 2.74. The van der Waals surface area contributed by atoms with Crippen LogP contribution >= 0.6 is 0 Å². The van der Waals surface area contributed by atoms with Gasteiger partial charge >= 0.3 is 6.18 Å². The molecule has 0 bridgehead atoms. The maximum atomic E-state index is 14.7. The summed E-state index contributed by atoms with van der Waals surface area (Å²) < 4.78 is 108. The molecule has 1 heterocycles. The van der Waals surface area contributed by atoms with Crippen LogP contribution in [0.2, 0.25) is 0 Å². The second-order valence-corrected chi connectivity index (χ2v) is 12.0. The molecule has 37 heavy (non-hydrogen) atoms. The van der Waals surface area contributed by atoms with E-state index >= 15 is 0 Å². The highest BCUT2D eigenvalue weighted by Gasteiger charge is 2.38. The molecule has 0 atom stereocenters. The molecule has 9 nitrogen and oxygen atoms in total. The fraction of sp³-hybridized carbons (Fsp3) is 0.227. The first-order valence-electron chi connectivity index (χ1n) is 10.1. The van der Waals surface area contributed by atoms with Crippen LogP contribution in [0.5, 0.6) is 11.6 Å². The molecule has 0 radical (unpaired) electrons. The van der Waals surface area contributed by atoms with E-state index in [4.69, 9.17) is 4.74 Å². The van der Waals surface area contributed by atoms with Gasteiger partial charge in [-0.25, -0.2) is 21.2 Å². The summed E-state index contributed by atoms with van der Waals surface area (Å²) in [6.07, 6.45) is -3.26. The van der Waals surface area contributed by atoms with Crippen molar-refractivity contribution >= 4 is 31.3 Å². The lowest BCUT2D eigenvalue weighted by atomic mass is 10.1. The number of nitrogens with zero attached hydrogens (tertiary/aromatic N) is 2. The molecule has 0 aliphatic heterocycles. The number of aromatic nitrogens is 2. The van der Waals surface area contributed by atoms with Crippen LogP contribution in [0.4, 0.5) is 23.2 Å². The minimum Gasteiger partial charge on any atom is -0.437 e. The fourth-order valence-electron chi connectivity index (χ4n) is 3.25. The third-order valence-corrected chi connectivity index (χ3v) is 7.33. The zero-order valence-corrected chi connectivity index (χ0v) is 21.3. The van der Waals surface area contributed by atoms with Crippen molar-refractivity contribution in [3.05, 3.63) is 64.6 Å². The molecule has 3 aromatic rings. The molecule has 0 fully saturated rings. The number of anilines is 1. The number of hydrogen-bond acceptors (Lipinski definition) is 8. The van der Waals surface area contributed by atoms with Gasteiger partial charge in [0.1, 0.15) is 22.0 Å². The van der Waals surface area contributed by atoms with Gasteiger partial charge < -0.3 is 10.1 Å². The zero-order valence-electron chi connectivity index (χ0n) is 19.6. The van der Waals surface area contributed by atoms with E-state index in [9.17, 15) is 39.2 Å². The Morgan fingerprint density at radius 2 is 1.59 bits per heavy atom. The summed E-state index contributed by atoms with van der Waals surface area (Å²) in [4.78, 5) is 12.3. The number of ether oxygens (including phenoxy) is 1. The highest BCUT2D eigenvalue weighted by atomic mass is 32.2. The Bertz CT molecular complexity index is 1620. The third kappa shape index (κ3) is 6.05. The summed E-state index contributed by atoms with van der Waals surface area (Å²) in [6.45, 7) is 2.12. The molecule has 198 valence electrons. The van der Waals surface area contributed by atoms with E-state index in [0.717, 1.165) is 37.6 Å². The minimum atomic E-state index is -4.99. The Hall–Kier alpha value is -3.59. The van der Waals surface area contributed by atoms with Crippen LogP contribution in [0, 0.1) is 19.7 Å². The average molecular weight is 562 g/mol. The van der Waals surface area contributed by atoms with Crippen LogP contribution in [-0.4, -0.2) is 45.5 Å². The Morgan fingerprint density at radius 3 is 2.16 bits per heavy atom. The lowest BCUT2D eigenvalue weighted by molar-refractivity contribution is -0.142. The maximum Gasteiger partial charge on any atom is 0.435 e. The predicted octanol–water partition coefficient (Wildman–Crippen LogP) is 4.10. The molecule has 1 N–H and O–H groups in total. The van der Waals surface area contributed by atoms with Crippen molar-refractivity contribution in [1.82, 2.24) is 10.2 Å². The highest BCUT2D eigenvalue weighted by Crippen LogP contribution is 2.36. The third-order valence-electron chi connectivity index (χ3n) is 5.11. The van der Waals surface area contributed by atoms with Crippen LogP contribution in [0.25, 0.3) is 0 Å². The van der Waals surface area contributed by atoms with Gasteiger partial charge in [-0.15, -0.1) is 10.2 Å². The second kappa shape index (κ2) is 9.70. The molecular weight excluding hydrogens is 542 g/mol. The second-order valence-electron chi connectivity index (χ2n) is 7.98. The molecule has 2 aromatic carbocycles. The van der Waals surface area contributed by atoms with Crippen LogP contribution in [-0.2, 0) is 25.9 Å². The Balaban J connectivity index is 2.12. The van der Waals surface area contributed by atoms with Crippen molar-refractivity contribution in [1.29, 1.82) is 0 Å². The first kappa shape index (κ1) is 28.0.